The van der Waals surface area contributed by atoms with Crippen LogP contribution >= 0.6 is 0 Å². The number of aromatic amines is 1. The molecule has 0 saturated carbocycles. The normalized spacial score (nSPS) is 17.3. The zero-order valence-corrected chi connectivity index (χ0v) is 16.4. The number of rotatable bonds is 3. The third-order valence-corrected chi connectivity index (χ3v) is 5.56. The van der Waals surface area contributed by atoms with Crippen LogP contribution in [0, 0.1) is 5.82 Å². The summed E-state index contributed by atoms with van der Waals surface area (Å²) in [4.78, 5) is 15.9. The quantitative estimate of drug-likeness (QED) is 0.543. The molecule has 4 heterocycles. The van der Waals surface area contributed by atoms with Crippen LogP contribution in [0.25, 0.3) is 33.5 Å². The maximum absolute atomic E-state index is 14.3. The SMILES string of the molecule is NC1CCCN(c2cncc(-c3cc4c(-c5ccccc5F)n[nH]c4cn3)n2)CC1. The molecular weight excluding hydrogens is 381 g/mol. The molecule has 1 unspecified atom stereocenters. The van der Waals surface area contributed by atoms with Crippen LogP contribution in [-0.2, 0) is 0 Å². The van der Waals surface area contributed by atoms with Gasteiger partial charge >= 0.3 is 0 Å². The van der Waals surface area contributed by atoms with Crippen molar-refractivity contribution >= 4 is 16.7 Å². The second-order valence-electron chi connectivity index (χ2n) is 7.61. The average Bonchev–Trinajstić information content (AvgIpc) is 3.07. The van der Waals surface area contributed by atoms with E-state index in [0.717, 1.165) is 49.1 Å². The molecule has 1 fully saturated rings. The van der Waals surface area contributed by atoms with E-state index >= 15 is 0 Å². The van der Waals surface area contributed by atoms with E-state index in [0.29, 0.717) is 22.6 Å². The standard InChI is InChI=1S/C22H22FN7/c23-17-6-2-1-5-15(17)22-16-10-18(26-12-19(16)28-29-22)20-11-25-13-21(27-20)30-8-3-4-14(24)7-9-30/h1-2,5-6,10-14H,3-4,7-9,24H2,(H,28,29). The number of hydrogen-bond donors (Lipinski definition) is 2. The Balaban J connectivity index is 1.52. The van der Waals surface area contributed by atoms with Gasteiger partial charge in [-0.3, -0.25) is 15.1 Å². The van der Waals surface area contributed by atoms with E-state index in [1.807, 2.05) is 6.07 Å². The van der Waals surface area contributed by atoms with Crippen LogP contribution in [-0.4, -0.2) is 44.3 Å². The zero-order valence-electron chi connectivity index (χ0n) is 16.4. The minimum absolute atomic E-state index is 0.244. The average molecular weight is 403 g/mol. The van der Waals surface area contributed by atoms with Crippen molar-refractivity contribution in [3.63, 3.8) is 0 Å². The maximum Gasteiger partial charge on any atom is 0.147 e. The number of pyridine rings is 1. The lowest BCUT2D eigenvalue weighted by Crippen LogP contribution is -2.27. The highest BCUT2D eigenvalue weighted by Gasteiger charge is 2.18. The van der Waals surface area contributed by atoms with E-state index < -0.39 is 0 Å². The van der Waals surface area contributed by atoms with E-state index in [1.165, 1.54) is 6.07 Å². The molecule has 8 heteroatoms. The maximum atomic E-state index is 14.3. The molecule has 7 nitrogen and oxygen atoms in total. The van der Waals surface area contributed by atoms with Crippen molar-refractivity contribution in [2.45, 2.75) is 25.3 Å². The Morgan fingerprint density at radius 2 is 1.97 bits per heavy atom. The van der Waals surface area contributed by atoms with Gasteiger partial charge in [0.1, 0.15) is 23.0 Å². The Morgan fingerprint density at radius 1 is 1.07 bits per heavy atom. The Hall–Kier alpha value is -3.39. The van der Waals surface area contributed by atoms with Gasteiger partial charge in [0.2, 0.25) is 0 Å². The molecule has 4 aromatic rings. The highest BCUT2D eigenvalue weighted by molar-refractivity contribution is 5.94. The van der Waals surface area contributed by atoms with Crippen molar-refractivity contribution in [1.29, 1.82) is 0 Å². The fourth-order valence-corrected chi connectivity index (χ4v) is 3.90. The molecule has 1 aliphatic heterocycles. The number of nitrogens with zero attached hydrogens (tertiary/aromatic N) is 5. The van der Waals surface area contributed by atoms with Crippen LogP contribution in [0.5, 0.6) is 0 Å². The third-order valence-electron chi connectivity index (χ3n) is 5.56. The van der Waals surface area contributed by atoms with Crippen molar-refractivity contribution in [2.75, 3.05) is 18.0 Å². The molecule has 152 valence electrons. The fraction of sp³-hybridized carbons (Fsp3) is 0.273. The predicted molar refractivity (Wildman–Crippen MR) is 114 cm³/mol. The summed E-state index contributed by atoms with van der Waals surface area (Å²) in [7, 11) is 0. The predicted octanol–water partition coefficient (Wildman–Crippen LogP) is 3.54. The molecular formula is C22H22FN7. The first-order chi connectivity index (χ1) is 14.7. The molecule has 1 atom stereocenters. The first kappa shape index (κ1) is 18.6. The van der Waals surface area contributed by atoms with E-state index in [1.54, 1.807) is 36.8 Å². The van der Waals surface area contributed by atoms with Gasteiger partial charge in [-0.05, 0) is 37.5 Å². The molecule has 0 amide bonds. The summed E-state index contributed by atoms with van der Waals surface area (Å²) >= 11 is 0. The molecule has 0 spiro atoms. The van der Waals surface area contributed by atoms with E-state index in [2.05, 4.69) is 25.1 Å². The van der Waals surface area contributed by atoms with E-state index in [9.17, 15) is 4.39 Å². The Kier molecular flexibility index (Phi) is 4.84. The lowest BCUT2D eigenvalue weighted by atomic mass is 10.1. The number of hydrogen-bond acceptors (Lipinski definition) is 6. The number of aromatic nitrogens is 5. The summed E-state index contributed by atoms with van der Waals surface area (Å²) in [5.74, 6) is 0.510. The lowest BCUT2D eigenvalue weighted by molar-refractivity contribution is 0.601. The largest absolute Gasteiger partial charge is 0.355 e. The first-order valence-corrected chi connectivity index (χ1v) is 10.1. The molecule has 1 aliphatic rings. The minimum atomic E-state index is -0.314. The Bertz CT molecular complexity index is 1190. The molecule has 3 aromatic heterocycles. The number of anilines is 1. The minimum Gasteiger partial charge on any atom is -0.355 e. The smallest absolute Gasteiger partial charge is 0.147 e. The number of fused-ring (bicyclic) bond motifs is 1. The van der Waals surface area contributed by atoms with Crippen LogP contribution in [0.4, 0.5) is 10.2 Å². The van der Waals surface area contributed by atoms with Crippen molar-refractivity contribution in [3.05, 3.63) is 54.7 Å². The monoisotopic (exact) mass is 403 g/mol. The van der Waals surface area contributed by atoms with E-state index in [-0.39, 0.29) is 11.9 Å². The van der Waals surface area contributed by atoms with Gasteiger partial charge in [-0.25, -0.2) is 9.37 Å². The van der Waals surface area contributed by atoms with Gasteiger partial charge in [-0.15, -0.1) is 0 Å². The van der Waals surface area contributed by atoms with Gasteiger partial charge in [0, 0.05) is 30.1 Å². The summed E-state index contributed by atoms with van der Waals surface area (Å²) in [6.07, 6.45) is 8.18. The summed E-state index contributed by atoms with van der Waals surface area (Å²) in [5, 5.41) is 8.03. The van der Waals surface area contributed by atoms with Crippen molar-refractivity contribution in [2.24, 2.45) is 5.73 Å². The highest BCUT2D eigenvalue weighted by Crippen LogP contribution is 2.30. The fourth-order valence-electron chi connectivity index (χ4n) is 3.90. The zero-order chi connectivity index (χ0) is 20.5. The van der Waals surface area contributed by atoms with Crippen LogP contribution in [0.1, 0.15) is 19.3 Å². The lowest BCUT2D eigenvalue weighted by Gasteiger charge is -2.21. The first-order valence-electron chi connectivity index (χ1n) is 10.1. The number of nitrogens with two attached hydrogens (primary N) is 1. The van der Waals surface area contributed by atoms with Crippen molar-refractivity contribution < 1.29 is 4.39 Å². The number of H-pyrrole nitrogens is 1. The molecule has 3 N–H and O–H groups in total. The molecule has 5 rings (SSSR count). The summed E-state index contributed by atoms with van der Waals surface area (Å²) < 4.78 is 14.3. The number of nitrogens with one attached hydrogen (secondary N) is 1. The Morgan fingerprint density at radius 3 is 2.87 bits per heavy atom. The van der Waals surface area contributed by atoms with Gasteiger partial charge in [0.15, 0.2) is 0 Å². The van der Waals surface area contributed by atoms with Crippen molar-refractivity contribution in [1.82, 2.24) is 25.1 Å². The van der Waals surface area contributed by atoms with Crippen LogP contribution in [0.15, 0.2) is 48.9 Å². The van der Waals surface area contributed by atoms with Crippen LogP contribution in [0.3, 0.4) is 0 Å². The van der Waals surface area contributed by atoms with Crippen molar-refractivity contribution in [3.8, 4) is 22.6 Å². The summed E-state index contributed by atoms with van der Waals surface area (Å²) in [5.41, 5.74) is 9.18. The molecule has 0 aliphatic carbocycles. The number of benzene rings is 1. The summed E-state index contributed by atoms with van der Waals surface area (Å²) in [6, 6.07) is 8.73. The second-order valence-corrected chi connectivity index (χ2v) is 7.61. The van der Waals surface area contributed by atoms with Gasteiger partial charge in [-0.1, -0.05) is 12.1 Å². The summed E-state index contributed by atoms with van der Waals surface area (Å²) in [6.45, 7) is 1.78. The highest BCUT2D eigenvalue weighted by atomic mass is 19.1. The van der Waals surface area contributed by atoms with Gasteiger partial charge in [0.25, 0.3) is 0 Å². The van der Waals surface area contributed by atoms with Crippen LogP contribution < -0.4 is 10.6 Å². The van der Waals surface area contributed by atoms with Gasteiger partial charge < -0.3 is 10.6 Å². The van der Waals surface area contributed by atoms with Crippen LogP contribution in [0.2, 0.25) is 0 Å². The van der Waals surface area contributed by atoms with Gasteiger partial charge in [0.05, 0.1) is 29.8 Å². The van der Waals surface area contributed by atoms with E-state index in [4.69, 9.17) is 10.7 Å². The Labute approximate surface area is 173 Å². The molecule has 30 heavy (non-hydrogen) atoms. The molecule has 1 saturated heterocycles. The topological polar surface area (TPSA) is 96.6 Å². The second kappa shape index (κ2) is 7.79. The molecule has 1 aromatic carbocycles. The molecule has 0 radical (unpaired) electrons. The van der Waals surface area contributed by atoms with Gasteiger partial charge in [-0.2, -0.15) is 5.10 Å². The number of halogens is 1. The molecule has 0 bridgehead atoms. The third kappa shape index (κ3) is 3.50.